The van der Waals surface area contributed by atoms with Crippen molar-refractivity contribution < 1.29 is 5.03 Å². The Morgan fingerprint density at radius 3 is 2.85 bits per heavy atom. The minimum absolute atomic E-state index is 0.278. The molecule has 0 fully saturated rings. The lowest BCUT2D eigenvalue weighted by molar-refractivity contribution is -0.525. The SMILES string of the molecule is CN(C)Cc1ccc(CSCCNC(=N)N[N+](=O)[O-])s1. The molecule has 1 rings (SSSR count). The molecular weight excluding hydrogens is 298 g/mol. The third kappa shape index (κ3) is 7.31. The molecule has 20 heavy (non-hydrogen) atoms. The lowest BCUT2D eigenvalue weighted by atomic mass is 10.4. The monoisotopic (exact) mass is 317 g/mol. The van der Waals surface area contributed by atoms with Gasteiger partial charge in [0.25, 0.3) is 5.96 Å². The third-order valence-corrected chi connectivity index (χ3v) is 4.45. The largest absolute Gasteiger partial charge is 0.351 e. The summed E-state index contributed by atoms with van der Waals surface area (Å²) in [6, 6.07) is 4.29. The van der Waals surface area contributed by atoms with Gasteiger partial charge in [0, 0.05) is 34.3 Å². The van der Waals surface area contributed by atoms with Gasteiger partial charge >= 0.3 is 0 Å². The van der Waals surface area contributed by atoms with Gasteiger partial charge in [0.2, 0.25) is 0 Å². The normalized spacial score (nSPS) is 10.6. The summed E-state index contributed by atoms with van der Waals surface area (Å²) in [7, 11) is 4.10. The standard InChI is InChI=1S/C11H19N5O2S2/c1-15(2)7-9-3-4-10(20-9)8-19-6-5-13-11(12)14-16(17)18/h3-4H,5-8H2,1-2H3,(H3,12,13,14). The second-order valence-corrected chi connectivity index (χ2v) is 6.69. The van der Waals surface area contributed by atoms with Gasteiger partial charge < -0.3 is 10.2 Å². The fraction of sp³-hybridized carbons (Fsp3) is 0.545. The van der Waals surface area contributed by atoms with Crippen LogP contribution in [0.15, 0.2) is 12.1 Å². The van der Waals surface area contributed by atoms with E-state index in [1.165, 1.54) is 9.75 Å². The summed E-state index contributed by atoms with van der Waals surface area (Å²) in [4.78, 5) is 14.9. The van der Waals surface area contributed by atoms with Crippen LogP contribution in [0.1, 0.15) is 9.75 Å². The molecule has 1 aromatic heterocycles. The Hall–Kier alpha value is -1.32. The Balaban J connectivity index is 2.13. The number of hydrazine groups is 1. The summed E-state index contributed by atoms with van der Waals surface area (Å²) < 4.78 is 0. The number of hydrogen-bond acceptors (Lipinski definition) is 6. The lowest BCUT2D eigenvalue weighted by Crippen LogP contribution is -2.40. The zero-order valence-corrected chi connectivity index (χ0v) is 13.1. The van der Waals surface area contributed by atoms with Crippen molar-refractivity contribution >= 4 is 29.1 Å². The van der Waals surface area contributed by atoms with Crippen molar-refractivity contribution in [2.24, 2.45) is 0 Å². The van der Waals surface area contributed by atoms with Crippen LogP contribution in [0, 0.1) is 15.5 Å². The van der Waals surface area contributed by atoms with Gasteiger partial charge in [-0.2, -0.15) is 11.8 Å². The molecule has 0 amide bonds. The van der Waals surface area contributed by atoms with E-state index in [4.69, 9.17) is 5.41 Å². The fourth-order valence-electron chi connectivity index (χ4n) is 1.45. The molecule has 0 bridgehead atoms. The summed E-state index contributed by atoms with van der Waals surface area (Å²) in [5, 5.41) is 19.2. The van der Waals surface area contributed by atoms with E-state index >= 15 is 0 Å². The van der Waals surface area contributed by atoms with Gasteiger partial charge in [0.1, 0.15) is 0 Å². The molecule has 0 saturated carbocycles. The highest BCUT2D eigenvalue weighted by molar-refractivity contribution is 7.98. The molecule has 3 N–H and O–H groups in total. The lowest BCUT2D eigenvalue weighted by Gasteiger charge is -2.06. The Bertz CT molecular complexity index is 450. The second kappa shape index (κ2) is 8.77. The highest BCUT2D eigenvalue weighted by Crippen LogP contribution is 2.22. The first-order valence-electron chi connectivity index (χ1n) is 6.01. The van der Waals surface area contributed by atoms with Gasteiger partial charge in [0.15, 0.2) is 5.03 Å². The van der Waals surface area contributed by atoms with E-state index in [2.05, 4.69) is 22.3 Å². The van der Waals surface area contributed by atoms with E-state index in [0.717, 1.165) is 18.1 Å². The van der Waals surface area contributed by atoms with Crippen LogP contribution in [0.4, 0.5) is 0 Å². The van der Waals surface area contributed by atoms with Crippen molar-refractivity contribution in [3.63, 3.8) is 0 Å². The number of nitro groups is 1. The van der Waals surface area contributed by atoms with Crippen LogP contribution in [0.5, 0.6) is 0 Å². The molecule has 0 radical (unpaired) electrons. The Morgan fingerprint density at radius 2 is 2.20 bits per heavy atom. The number of rotatable bonds is 8. The predicted molar refractivity (Wildman–Crippen MR) is 83.7 cm³/mol. The molecule has 1 aromatic rings. The average molecular weight is 317 g/mol. The molecule has 0 saturated heterocycles. The predicted octanol–water partition coefficient (Wildman–Crippen LogP) is 1.35. The van der Waals surface area contributed by atoms with Crippen LogP contribution in [0.2, 0.25) is 0 Å². The molecule has 1 heterocycles. The number of hydrogen-bond donors (Lipinski definition) is 3. The highest BCUT2D eigenvalue weighted by atomic mass is 32.2. The van der Waals surface area contributed by atoms with Crippen molar-refractivity contribution in [3.05, 3.63) is 32.0 Å². The van der Waals surface area contributed by atoms with Gasteiger partial charge in [-0.1, -0.05) is 5.43 Å². The Kier molecular flexibility index (Phi) is 7.34. The molecule has 0 spiro atoms. The van der Waals surface area contributed by atoms with Gasteiger partial charge in [-0.05, 0) is 26.2 Å². The number of thiophene rings is 1. The fourth-order valence-corrected chi connectivity index (χ4v) is 3.55. The molecule has 9 heteroatoms. The molecule has 0 aliphatic rings. The number of thioether (sulfide) groups is 1. The summed E-state index contributed by atoms with van der Waals surface area (Å²) in [6.07, 6.45) is 0. The molecule has 0 aliphatic heterocycles. The second-order valence-electron chi connectivity index (χ2n) is 4.33. The number of nitrogens with one attached hydrogen (secondary N) is 3. The van der Waals surface area contributed by atoms with Gasteiger partial charge in [-0.25, -0.2) is 10.1 Å². The quantitative estimate of drug-likeness (QED) is 0.220. The maximum Gasteiger partial charge on any atom is 0.251 e. The average Bonchev–Trinajstić information content (AvgIpc) is 2.74. The van der Waals surface area contributed by atoms with Crippen LogP contribution in [0.25, 0.3) is 0 Å². The van der Waals surface area contributed by atoms with Crippen molar-refractivity contribution in [2.45, 2.75) is 12.3 Å². The third-order valence-electron chi connectivity index (χ3n) is 2.18. The van der Waals surface area contributed by atoms with Gasteiger partial charge in [0.05, 0.1) is 0 Å². The van der Waals surface area contributed by atoms with Crippen LogP contribution >= 0.6 is 23.1 Å². The maximum absolute atomic E-state index is 10.1. The topological polar surface area (TPSA) is 94.3 Å². The van der Waals surface area contributed by atoms with E-state index in [9.17, 15) is 10.1 Å². The Labute approximate surface area is 126 Å². The summed E-state index contributed by atoms with van der Waals surface area (Å²) in [6.45, 7) is 1.49. The first-order chi connectivity index (χ1) is 9.47. The van der Waals surface area contributed by atoms with Crippen LogP contribution in [-0.4, -0.2) is 42.3 Å². The van der Waals surface area contributed by atoms with Gasteiger partial charge in [-0.15, -0.1) is 11.3 Å². The van der Waals surface area contributed by atoms with E-state index in [-0.39, 0.29) is 5.96 Å². The summed E-state index contributed by atoms with van der Waals surface area (Å²) in [5.74, 6) is 1.44. The smallest absolute Gasteiger partial charge is 0.251 e. The van der Waals surface area contributed by atoms with Crippen LogP contribution in [-0.2, 0) is 12.3 Å². The molecule has 0 atom stereocenters. The van der Waals surface area contributed by atoms with Crippen molar-refractivity contribution in [1.82, 2.24) is 15.6 Å². The van der Waals surface area contributed by atoms with Gasteiger partial charge in [-0.3, -0.25) is 5.41 Å². The summed E-state index contributed by atoms with van der Waals surface area (Å²) >= 11 is 3.55. The molecule has 0 aromatic carbocycles. The minimum Gasteiger partial charge on any atom is -0.351 e. The molecule has 0 aliphatic carbocycles. The zero-order chi connectivity index (χ0) is 15.0. The zero-order valence-electron chi connectivity index (χ0n) is 11.5. The maximum atomic E-state index is 10.1. The first-order valence-corrected chi connectivity index (χ1v) is 7.98. The molecule has 112 valence electrons. The first kappa shape index (κ1) is 16.7. The molecule has 7 nitrogen and oxygen atoms in total. The number of nitrogens with zero attached hydrogens (tertiary/aromatic N) is 2. The van der Waals surface area contributed by atoms with E-state index in [0.29, 0.717) is 6.54 Å². The van der Waals surface area contributed by atoms with E-state index in [1.807, 2.05) is 25.4 Å². The van der Waals surface area contributed by atoms with Crippen molar-refractivity contribution in [1.29, 1.82) is 5.41 Å². The molecule has 0 unspecified atom stereocenters. The van der Waals surface area contributed by atoms with E-state index in [1.54, 1.807) is 17.2 Å². The van der Waals surface area contributed by atoms with Crippen molar-refractivity contribution in [3.8, 4) is 0 Å². The molecular formula is C11H19N5O2S2. The van der Waals surface area contributed by atoms with Crippen LogP contribution in [0.3, 0.4) is 0 Å². The summed E-state index contributed by atoms with van der Waals surface area (Å²) in [5.41, 5.74) is 1.76. The minimum atomic E-state index is -0.750. The van der Waals surface area contributed by atoms with Crippen LogP contribution < -0.4 is 10.7 Å². The Morgan fingerprint density at radius 1 is 1.50 bits per heavy atom. The highest BCUT2D eigenvalue weighted by Gasteiger charge is 2.03. The van der Waals surface area contributed by atoms with E-state index < -0.39 is 5.03 Å². The van der Waals surface area contributed by atoms with Crippen molar-refractivity contribution in [2.75, 3.05) is 26.4 Å². The number of guanidine groups is 1.